The lowest BCUT2D eigenvalue weighted by molar-refractivity contribution is -0.161. The molecule has 14 nitrogen and oxygen atoms in total. The molecule has 1 aromatic carbocycles. The summed E-state index contributed by atoms with van der Waals surface area (Å²) in [6.45, 7) is 2.46. The fourth-order valence-corrected chi connectivity index (χ4v) is 5.65. The number of thioether (sulfide) groups is 1. The second-order valence-corrected chi connectivity index (χ2v) is 11.0. The van der Waals surface area contributed by atoms with Crippen LogP contribution in [0.1, 0.15) is 25.1 Å². The molecular weight excluding hydrogens is 554 g/mol. The van der Waals surface area contributed by atoms with Gasteiger partial charge in [0.1, 0.15) is 22.8 Å². The van der Waals surface area contributed by atoms with Crippen molar-refractivity contribution in [1.82, 2.24) is 15.2 Å². The van der Waals surface area contributed by atoms with Gasteiger partial charge < -0.3 is 36.3 Å². The van der Waals surface area contributed by atoms with Gasteiger partial charge in [-0.05, 0) is 43.5 Å². The van der Waals surface area contributed by atoms with E-state index in [1.807, 2.05) is 0 Å². The van der Waals surface area contributed by atoms with Gasteiger partial charge in [0.05, 0.1) is 0 Å². The number of anilines is 1. The molecule has 2 aliphatic rings. The summed E-state index contributed by atoms with van der Waals surface area (Å²) in [6.07, 6.45) is 0.106. The molecule has 2 amide bonds. The first-order chi connectivity index (χ1) is 18.3. The fourth-order valence-electron chi connectivity index (χ4n) is 3.75. The smallest absolute Gasteiger partial charge is 0.352 e. The number of phenols is 2. The number of carboxylic acids is 2. The van der Waals surface area contributed by atoms with E-state index in [1.165, 1.54) is 49.2 Å². The Balaban J connectivity index is 1.56. The standard InChI is InChI=1S/C23H23N5O9S2/c1-23(2,21(35)36)37-27-14(11-8-39-22(24)25-11)17(31)26-15-18(32)28-16(20(33)34)10(7-38-19(15)28)5-9-3-4-12(29)13(30)6-9/h3-4,6,8,15,19,29-30H,5,7H2,1-2H3,(H2,24,25)(H,26,31)(H,33,34)(H,35,36)/b27-14-/t15?,19-/m0/s1. The summed E-state index contributed by atoms with van der Waals surface area (Å²) in [5.41, 5.74) is 4.19. The van der Waals surface area contributed by atoms with E-state index in [0.717, 1.165) is 16.2 Å². The minimum Gasteiger partial charge on any atom is -0.504 e. The van der Waals surface area contributed by atoms with Crippen LogP contribution in [0.15, 0.2) is 40.0 Å². The molecular formula is C23H23N5O9S2. The number of fused-ring (bicyclic) bond motifs is 1. The molecule has 3 heterocycles. The largest absolute Gasteiger partial charge is 0.504 e. The van der Waals surface area contributed by atoms with Gasteiger partial charge in [-0.1, -0.05) is 11.2 Å². The lowest BCUT2D eigenvalue weighted by Gasteiger charge is -2.49. The van der Waals surface area contributed by atoms with Crippen molar-refractivity contribution >= 4 is 57.7 Å². The molecule has 2 aromatic rings. The zero-order valence-corrected chi connectivity index (χ0v) is 22.1. The minimum atomic E-state index is -1.78. The number of nitrogens with one attached hydrogen (secondary N) is 1. The number of phenolic OH excluding ortho intramolecular Hbond substituents is 2. The van der Waals surface area contributed by atoms with Gasteiger partial charge in [0, 0.05) is 11.1 Å². The van der Waals surface area contributed by atoms with E-state index in [0.29, 0.717) is 11.1 Å². The van der Waals surface area contributed by atoms with Gasteiger partial charge in [-0.15, -0.1) is 23.1 Å². The first kappa shape index (κ1) is 27.7. The van der Waals surface area contributed by atoms with Gasteiger partial charge in [0.25, 0.3) is 11.8 Å². The first-order valence-electron chi connectivity index (χ1n) is 11.2. The van der Waals surface area contributed by atoms with E-state index in [-0.39, 0.29) is 40.2 Å². The number of nitrogen functional groups attached to an aromatic ring is 1. The SMILES string of the molecule is CC(C)(O/N=C(\C(=O)NC1C(=O)N2C(C(=O)O)=C(Cc3ccc(O)c(O)c3)CS[C@@H]12)c1csc(N)n1)C(=O)O. The Kier molecular flexibility index (Phi) is 7.43. The minimum absolute atomic E-state index is 0.00155. The topological polar surface area (TPSA) is 225 Å². The molecule has 0 aliphatic carbocycles. The van der Waals surface area contributed by atoms with Gasteiger partial charge in [-0.25, -0.2) is 14.6 Å². The quantitative estimate of drug-likeness (QED) is 0.105. The van der Waals surface area contributed by atoms with Crippen molar-refractivity contribution in [2.45, 2.75) is 37.3 Å². The number of aliphatic carboxylic acids is 2. The highest BCUT2D eigenvalue weighted by Crippen LogP contribution is 2.41. The van der Waals surface area contributed by atoms with Crippen molar-refractivity contribution in [3.8, 4) is 11.5 Å². The molecule has 0 saturated carbocycles. The number of carbonyl (C=O) groups is 4. The van der Waals surface area contributed by atoms with Gasteiger partial charge in [-0.2, -0.15) is 0 Å². The van der Waals surface area contributed by atoms with Crippen LogP contribution in [0.3, 0.4) is 0 Å². The second-order valence-electron chi connectivity index (χ2n) is 9.04. The third-order valence-electron chi connectivity index (χ3n) is 5.85. The summed E-state index contributed by atoms with van der Waals surface area (Å²) in [7, 11) is 0. The Labute approximate surface area is 228 Å². The molecule has 2 atom stereocenters. The maximum absolute atomic E-state index is 13.1. The maximum Gasteiger partial charge on any atom is 0.352 e. The van der Waals surface area contributed by atoms with Crippen LogP contribution in [0.4, 0.5) is 5.13 Å². The Hall–Kier alpha value is -4.31. The monoisotopic (exact) mass is 577 g/mol. The number of nitrogens with zero attached hydrogens (tertiary/aromatic N) is 3. The Morgan fingerprint density at radius 3 is 2.56 bits per heavy atom. The summed E-state index contributed by atoms with van der Waals surface area (Å²) >= 11 is 2.24. The van der Waals surface area contributed by atoms with Crippen molar-refractivity contribution in [2.75, 3.05) is 11.5 Å². The molecule has 0 radical (unpaired) electrons. The van der Waals surface area contributed by atoms with Crippen LogP contribution >= 0.6 is 23.1 Å². The summed E-state index contributed by atoms with van der Waals surface area (Å²) < 4.78 is 0. The maximum atomic E-state index is 13.1. The highest BCUT2D eigenvalue weighted by Gasteiger charge is 2.54. The number of hydrogen-bond acceptors (Lipinski definition) is 12. The number of carbonyl (C=O) groups excluding carboxylic acids is 2. The van der Waals surface area contributed by atoms with E-state index in [2.05, 4.69) is 15.5 Å². The molecule has 16 heteroatoms. The van der Waals surface area contributed by atoms with Crippen molar-refractivity contribution < 1.29 is 44.4 Å². The average molecular weight is 578 g/mol. The summed E-state index contributed by atoms with van der Waals surface area (Å²) in [5.74, 6) is -4.70. The van der Waals surface area contributed by atoms with Crippen LogP contribution in [0.25, 0.3) is 0 Å². The number of benzene rings is 1. The predicted octanol–water partition coefficient (Wildman–Crippen LogP) is 0.702. The summed E-state index contributed by atoms with van der Waals surface area (Å²) in [5, 5.41) is 45.4. The van der Waals surface area contributed by atoms with Crippen molar-refractivity contribution in [2.24, 2.45) is 5.16 Å². The van der Waals surface area contributed by atoms with Crippen LogP contribution < -0.4 is 11.1 Å². The number of aromatic hydroxyl groups is 2. The van der Waals surface area contributed by atoms with Crippen LogP contribution in [0, 0.1) is 0 Å². The number of amides is 2. The van der Waals surface area contributed by atoms with Crippen molar-refractivity contribution in [3.63, 3.8) is 0 Å². The number of nitrogens with two attached hydrogens (primary N) is 1. The van der Waals surface area contributed by atoms with Gasteiger partial charge in [-0.3, -0.25) is 14.5 Å². The van der Waals surface area contributed by atoms with Crippen molar-refractivity contribution in [1.29, 1.82) is 0 Å². The number of β-lactam (4-membered cyclic amide) rings is 1. The fraction of sp³-hybridized carbons (Fsp3) is 0.304. The second kappa shape index (κ2) is 10.5. The highest BCUT2D eigenvalue weighted by atomic mass is 32.2. The third kappa shape index (κ3) is 5.46. The Morgan fingerprint density at radius 1 is 1.26 bits per heavy atom. The zero-order valence-electron chi connectivity index (χ0n) is 20.4. The molecule has 39 heavy (non-hydrogen) atoms. The molecule has 0 spiro atoms. The van der Waals surface area contributed by atoms with E-state index >= 15 is 0 Å². The predicted molar refractivity (Wildman–Crippen MR) is 139 cm³/mol. The molecule has 1 fully saturated rings. The molecule has 7 N–H and O–H groups in total. The molecule has 0 bridgehead atoms. The zero-order chi connectivity index (χ0) is 28.6. The normalized spacial score (nSPS) is 19.3. The number of aromatic nitrogens is 1. The van der Waals surface area contributed by atoms with E-state index < -0.39 is 46.5 Å². The van der Waals surface area contributed by atoms with Crippen LogP contribution in [-0.4, -0.2) is 82.5 Å². The Bertz CT molecular complexity index is 1430. The molecule has 1 aromatic heterocycles. The van der Waals surface area contributed by atoms with Crippen LogP contribution in [0.2, 0.25) is 0 Å². The Morgan fingerprint density at radius 2 is 1.97 bits per heavy atom. The number of oxime groups is 1. The molecule has 1 saturated heterocycles. The molecule has 206 valence electrons. The summed E-state index contributed by atoms with van der Waals surface area (Å²) in [6, 6.07) is 3.00. The molecule has 2 aliphatic heterocycles. The van der Waals surface area contributed by atoms with Crippen LogP contribution in [-0.2, 0) is 30.4 Å². The van der Waals surface area contributed by atoms with E-state index in [1.54, 1.807) is 0 Å². The van der Waals surface area contributed by atoms with Crippen LogP contribution in [0.5, 0.6) is 11.5 Å². The molecule has 1 unspecified atom stereocenters. The molecule has 4 rings (SSSR count). The van der Waals surface area contributed by atoms with E-state index in [9.17, 15) is 39.6 Å². The van der Waals surface area contributed by atoms with Gasteiger partial charge in [0.15, 0.2) is 22.3 Å². The van der Waals surface area contributed by atoms with Gasteiger partial charge in [0.2, 0.25) is 5.60 Å². The van der Waals surface area contributed by atoms with Gasteiger partial charge >= 0.3 is 11.9 Å². The number of hydrogen-bond donors (Lipinski definition) is 6. The number of thiazole rings is 1. The third-order valence-corrected chi connectivity index (χ3v) is 7.87. The number of carboxylic acid groups (broad SMARTS) is 2. The lowest BCUT2D eigenvalue weighted by Crippen LogP contribution is -2.71. The highest BCUT2D eigenvalue weighted by molar-refractivity contribution is 8.00. The number of rotatable bonds is 9. The van der Waals surface area contributed by atoms with E-state index in [4.69, 9.17) is 10.6 Å². The van der Waals surface area contributed by atoms with Crippen molar-refractivity contribution in [3.05, 3.63) is 46.1 Å². The first-order valence-corrected chi connectivity index (χ1v) is 13.2. The summed E-state index contributed by atoms with van der Waals surface area (Å²) in [4.78, 5) is 59.9. The lowest BCUT2D eigenvalue weighted by atomic mass is 9.98. The average Bonchev–Trinajstić information content (AvgIpc) is 3.29.